The van der Waals surface area contributed by atoms with E-state index in [1.165, 1.54) is 11.3 Å². The summed E-state index contributed by atoms with van der Waals surface area (Å²) in [5, 5.41) is 3.36. The lowest BCUT2D eigenvalue weighted by Gasteiger charge is -2.12. The van der Waals surface area contributed by atoms with Crippen molar-refractivity contribution in [1.82, 2.24) is 15.3 Å². The summed E-state index contributed by atoms with van der Waals surface area (Å²) in [5.41, 5.74) is 2.49. The maximum atomic E-state index is 4.55. The van der Waals surface area contributed by atoms with Crippen molar-refractivity contribution in [3.63, 3.8) is 0 Å². The van der Waals surface area contributed by atoms with Crippen LogP contribution in [-0.2, 0) is 12.8 Å². The van der Waals surface area contributed by atoms with E-state index in [0.717, 1.165) is 31.9 Å². The van der Waals surface area contributed by atoms with Crippen LogP contribution in [0.15, 0.2) is 6.20 Å². The monoisotopic (exact) mass is 192 g/mol. The predicted molar refractivity (Wildman–Crippen MR) is 56.6 cm³/mol. The molecule has 4 heteroatoms. The quantitative estimate of drug-likeness (QED) is 0.691. The fourth-order valence-corrected chi connectivity index (χ4v) is 1.63. The van der Waals surface area contributed by atoms with Gasteiger partial charge in [-0.25, -0.2) is 9.97 Å². The van der Waals surface area contributed by atoms with Gasteiger partial charge in [-0.05, 0) is 18.5 Å². The number of fused-ring (bicyclic) bond motifs is 1. The topological polar surface area (TPSA) is 41.1 Å². The van der Waals surface area contributed by atoms with Gasteiger partial charge < -0.3 is 10.2 Å². The summed E-state index contributed by atoms with van der Waals surface area (Å²) in [6, 6.07) is 0. The molecule has 0 fully saturated rings. The summed E-state index contributed by atoms with van der Waals surface area (Å²) in [4.78, 5) is 10.8. The largest absolute Gasteiger partial charge is 0.347 e. The Labute approximate surface area is 84.4 Å². The minimum absolute atomic E-state index is 0.811. The Morgan fingerprint density at radius 2 is 2.07 bits per heavy atom. The summed E-state index contributed by atoms with van der Waals surface area (Å²) < 4.78 is 0. The van der Waals surface area contributed by atoms with E-state index in [1.807, 2.05) is 25.2 Å². The van der Waals surface area contributed by atoms with Crippen molar-refractivity contribution < 1.29 is 0 Å². The smallest absolute Gasteiger partial charge is 0.225 e. The van der Waals surface area contributed by atoms with E-state index in [1.54, 1.807) is 0 Å². The van der Waals surface area contributed by atoms with E-state index in [9.17, 15) is 0 Å². The molecule has 4 nitrogen and oxygen atoms in total. The lowest BCUT2D eigenvalue weighted by molar-refractivity contribution is 0.708. The minimum atomic E-state index is 0.811. The first-order valence-electron chi connectivity index (χ1n) is 5.00. The zero-order chi connectivity index (χ0) is 9.97. The summed E-state index contributed by atoms with van der Waals surface area (Å²) in [6.45, 7) is 2.06. The predicted octanol–water partition coefficient (Wildman–Crippen LogP) is 0.231. The summed E-state index contributed by atoms with van der Waals surface area (Å²) in [6.07, 6.45) is 4.02. The van der Waals surface area contributed by atoms with Gasteiger partial charge in [0.1, 0.15) is 0 Å². The second-order valence-electron chi connectivity index (χ2n) is 3.79. The van der Waals surface area contributed by atoms with Gasteiger partial charge in [-0.2, -0.15) is 0 Å². The highest BCUT2D eigenvalue weighted by molar-refractivity contribution is 5.32. The van der Waals surface area contributed by atoms with Gasteiger partial charge in [-0.15, -0.1) is 0 Å². The first-order chi connectivity index (χ1) is 6.77. The zero-order valence-corrected chi connectivity index (χ0v) is 8.75. The molecule has 14 heavy (non-hydrogen) atoms. The fraction of sp³-hybridized carbons (Fsp3) is 0.600. The van der Waals surface area contributed by atoms with Crippen molar-refractivity contribution in [3.8, 4) is 0 Å². The Morgan fingerprint density at radius 1 is 1.29 bits per heavy atom. The number of rotatable bonds is 1. The molecule has 1 aromatic rings. The van der Waals surface area contributed by atoms with Crippen LogP contribution in [0.25, 0.3) is 0 Å². The number of anilines is 1. The van der Waals surface area contributed by atoms with Crippen LogP contribution in [0.2, 0.25) is 0 Å². The maximum Gasteiger partial charge on any atom is 0.225 e. The van der Waals surface area contributed by atoms with Gasteiger partial charge in [0.2, 0.25) is 5.95 Å². The van der Waals surface area contributed by atoms with Crippen molar-refractivity contribution in [2.24, 2.45) is 0 Å². The Balaban J connectivity index is 2.32. The van der Waals surface area contributed by atoms with Crippen molar-refractivity contribution >= 4 is 5.95 Å². The Hall–Kier alpha value is -1.16. The maximum absolute atomic E-state index is 4.55. The van der Waals surface area contributed by atoms with E-state index in [0.29, 0.717) is 0 Å². The average molecular weight is 192 g/mol. The molecule has 1 aliphatic heterocycles. The Kier molecular flexibility index (Phi) is 2.63. The standard InChI is InChI=1S/C10H16N4/c1-14(2)10-12-7-8-3-5-11-6-4-9(8)13-10/h7,11H,3-6H2,1-2H3. The average Bonchev–Trinajstić information content (AvgIpc) is 2.41. The highest BCUT2D eigenvalue weighted by Crippen LogP contribution is 2.12. The number of nitrogens with one attached hydrogen (secondary N) is 1. The highest BCUT2D eigenvalue weighted by Gasteiger charge is 2.10. The second-order valence-corrected chi connectivity index (χ2v) is 3.79. The lowest BCUT2D eigenvalue weighted by Crippen LogP contribution is -2.16. The van der Waals surface area contributed by atoms with Crippen LogP contribution >= 0.6 is 0 Å². The van der Waals surface area contributed by atoms with E-state index in [2.05, 4.69) is 15.3 Å². The lowest BCUT2D eigenvalue weighted by atomic mass is 10.1. The van der Waals surface area contributed by atoms with Gasteiger partial charge in [0, 0.05) is 33.3 Å². The third-order valence-electron chi connectivity index (χ3n) is 2.45. The molecule has 0 atom stereocenters. The van der Waals surface area contributed by atoms with Crippen LogP contribution in [-0.4, -0.2) is 37.2 Å². The molecular formula is C10H16N4. The minimum Gasteiger partial charge on any atom is -0.347 e. The van der Waals surface area contributed by atoms with Gasteiger partial charge in [0.15, 0.2) is 0 Å². The summed E-state index contributed by atoms with van der Waals surface area (Å²) in [5.74, 6) is 0.811. The molecular weight excluding hydrogens is 176 g/mol. The van der Waals surface area contributed by atoms with E-state index in [-0.39, 0.29) is 0 Å². The first kappa shape index (κ1) is 9.40. The Bertz CT molecular complexity index is 322. The van der Waals surface area contributed by atoms with E-state index >= 15 is 0 Å². The highest BCUT2D eigenvalue weighted by atomic mass is 15.2. The molecule has 0 spiro atoms. The van der Waals surface area contributed by atoms with Crippen LogP contribution < -0.4 is 10.2 Å². The van der Waals surface area contributed by atoms with Crippen LogP contribution in [0.5, 0.6) is 0 Å². The SMILES string of the molecule is CN(C)c1ncc2c(n1)CCNCC2. The van der Waals surface area contributed by atoms with Gasteiger partial charge in [-0.1, -0.05) is 0 Å². The first-order valence-corrected chi connectivity index (χ1v) is 5.00. The van der Waals surface area contributed by atoms with Crippen molar-refractivity contribution in [2.75, 3.05) is 32.1 Å². The molecule has 0 amide bonds. The summed E-state index contributed by atoms with van der Waals surface area (Å²) >= 11 is 0. The Morgan fingerprint density at radius 3 is 2.86 bits per heavy atom. The third-order valence-corrected chi connectivity index (χ3v) is 2.45. The molecule has 2 rings (SSSR count). The molecule has 0 saturated carbocycles. The molecule has 2 heterocycles. The number of aromatic nitrogens is 2. The van der Waals surface area contributed by atoms with Gasteiger partial charge >= 0.3 is 0 Å². The number of hydrogen-bond acceptors (Lipinski definition) is 4. The van der Waals surface area contributed by atoms with E-state index in [4.69, 9.17) is 0 Å². The third kappa shape index (κ3) is 1.85. The second kappa shape index (κ2) is 3.92. The fourth-order valence-electron chi connectivity index (χ4n) is 1.63. The number of nitrogens with zero attached hydrogens (tertiary/aromatic N) is 3. The van der Waals surface area contributed by atoms with Crippen LogP contribution in [0.4, 0.5) is 5.95 Å². The van der Waals surface area contributed by atoms with E-state index < -0.39 is 0 Å². The normalized spacial score (nSPS) is 15.9. The molecule has 0 unspecified atom stereocenters. The van der Waals surface area contributed by atoms with Crippen molar-refractivity contribution in [2.45, 2.75) is 12.8 Å². The molecule has 0 aromatic carbocycles. The molecule has 1 N–H and O–H groups in total. The summed E-state index contributed by atoms with van der Waals surface area (Å²) in [7, 11) is 3.94. The molecule has 0 aliphatic carbocycles. The molecule has 76 valence electrons. The number of hydrogen-bond donors (Lipinski definition) is 1. The molecule has 0 bridgehead atoms. The van der Waals surface area contributed by atoms with Crippen LogP contribution in [0.3, 0.4) is 0 Å². The van der Waals surface area contributed by atoms with Crippen LogP contribution in [0.1, 0.15) is 11.3 Å². The van der Waals surface area contributed by atoms with Gasteiger partial charge in [0.05, 0.1) is 5.69 Å². The van der Waals surface area contributed by atoms with Crippen molar-refractivity contribution in [1.29, 1.82) is 0 Å². The molecule has 1 aliphatic rings. The van der Waals surface area contributed by atoms with Crippen LogP contribution in [0, 0.1) is 0 Å². The molecule has 0 radical (unpaired) electrons. The zero-order valence-electron chi connectivity index (χ0n) is 8.75. The molecule has 1 aromatic heterocycles. The molecule has 0 saturated heterocycles. The van der Waals surface area contributed by atoms with Crippen molar-refractivity contribution in [3.05, 3.63) is 17.5 Å². The van der Waals surface area contributed by atoms with Gasteiger partial charge in [0.25, 0.3) is 0 Å². The van der Waals surface area contributed by atoms with Gasteiger partial charge in [-0.3, -0.25) is 0 Å².